The number of halogens is 4. The predicted octanol–water partition coefficient (Wildman–Crippen LogP) is 6.10. The van der Waals surface area contributed by atoms with E-state index >= 15 is 0 Å². The van der Waals surface area contributed by atoms with Crippen LogP contribution in [0.2, 0.25) is 5.02 Å². The normalized spacial score (nSPS) is 12.0. The van der Waals surface area contributed by atoms with Crippen molar-refractivity contribution in [2.45, 2.75) is 12.6 Å². The van der Waals surface area contributed by atoms with Crippen molar-refractivity contribution >= 4 is 44.6 Å². The van der Waals surface area contributed by atoms with Crippen LogP contribution >= 0.6 is 22.9 Å². The van der Waals surface area contributed by atoms with Crippen molar-refractivity contribution in [1.29, 1.82) is 0 Å². The Morgan fingerprint density at radius 3 is 2.56 bits per heavy atom. The number of benzene rings is 2. The summed E-state index contributed by atoms with van der Waals surface area (Å²) in [4.78, 5) is 25.7. The first-order chi connectivity index (χ1) is 15.3. The fourth-order valence-electron chi connectivity index (χ4n) is 3.34. The third kappa shape index (κ3) is 3.74. The number of imidazole rings is 1. The van der Waals surface area contributed by atoms with Gasteiger partial charge in [-0.25, -0.2) is 15.0 Å². The summed E-state index contributed by atoms with van der Waals surface area (Å²) < 4.78 is 41.0. The van der Waals surface area contributed by atoms with E-state index in [0.29, 0.717) is 26.9 Å². The summed E-state index contributed by atoms with van der Waals surface area (Å²) in [6.45, 7) is 0. The number of carbonyl (C=O) groups excluding carboxylic acids is 1. The Bertz CT molecular complexity index is 1470. The first-order valence-corrected chi connectivity index (χ1v) is 10.6. The molecular weight excluding hydrogens is 461 g/mol. The highest BCUT2D eigenvalue weighted by atomic mass is 35.5. The van der Waals surface area contributed by atoms with Gasteiger partial charge in [0.15, 0.2) is 11.4 Å². The van der Waals surface area contributed by atoms with E-state index in [2.05, 4.69) is 15.0 Å². The van der Waals surface area contributed by atoms with Crippen LogP contribution in [-0.4, -0.2) is 25.1 Å². The number of hydrogen-bond acceptors (Lipinski definition) is 5. The highest BCUT2D eigenvalue weighted by Gasteiger charge is 2.30. The predicted molar refractivity (Wildman–Crippen MR) is 116 cm³/mol. The molecule has 3 heterocycles. The number of hydrogen-bond donors (Lipinski definition) is 0. The summed E-state index contributed by atoms with van der Waals surface area (Å²) in [6, 6.07) is 10.2. The SMILES string of the molecule is O=C(Cc1nc2cccc(Cl)c2s1)c1cn2c(-c3ccc(C(F)(F)F)cc3)cnc2cn1. The molecule has 0 aliphatic rings. The lowest BCUT2D eigenvalue weighted by Gasteiger charge is -2.08. The monoisotopic (exact) mass is 472 g/mol. The molecule has 2 aromatic carbocycles. The molecule has 32 heavy (non-hydrogen) atoms. The van der Waals surface area contributed by atoms with Gasteiger partial charge in [-0.2, -0.15) is 13.2 Å². The zero-order chi connectivity index (χ0) is 22.5. The van der Waals surface area contributed by atoms with E-state index in [1.165, 1.54) is 42.1 Å². The summed E-state index contributed by atoms with van der Waals surface area (Å²) >= 11 is 7.54. The molecule has 10 heteroatoms. The van der Waals surface area contributed by atoms with E-state index in [0.717, 1.165) is 22.3 Å². The van der Waals surface area contributed by atoms with E-state index in [9.17, 15) is 18.0 Å². The van der Waals surface area contributed by atoms with Gasteiger partial charge in [-0.15, -0.1) is 11.3 Å². The number of aromatic nitrogens is 4. The Labute approximate surface area is 188 Å². The first kappa shape index (κ1) is 20.6. The van der Waals surface area contributed by atoms with Gasteiger partial charge >= 0.3 is 6.18 Å². The quantitative estimate of drug-likeness (QED) is 0.296. The number of alkyl halides is 3. The molecular formula is C22H12ClF3N4OS. The largest absolute Gasteiger partial charge is 0.416 e. The number of rotatable bonds is 4. The fourth-order valence-corrected chi connectivity index (χ4v) is 4.59. The Morgan fingerprint density at radius 2 is 1.84 bits per heavy atom. The molecule has 0 radical (unpaired) electrons. The van der Waals surface area contributed by atoms with Crippen LogP contribution in [0.4, 0.5) is 13.2 Å². The van der Waals surface area contributed by atoms with Crippen LogP contribution in [0.1, 0.15) is 21.1 Å². The lowest BCUT2D eigenvalue weighted by molar-refractivity contribution is -0.137. The molecule has 160 valence electrons. The van der Waals surface area contributed by atoms with E-state index in [1.807, 2.05) is 6.07 Å². The molecule has 0 unspecified atom stereocenters. The average Bonchev–Trinajstić information content (AvgIpc) is 3.37. The maximum atomic E-state index is 12.9. The average molecular weight is 473 g/mol. The Morgan fingerprint density at radius 1 is 1.06 bits per heavy atom. The summed E-state index contributed by atoms with van der Waals surface area (Å²) in [6.07, 6.45) is 0.169. The van der Waals surface area contributed by atoms with Crippen molar-refractivity contribution in [2.24, 2.45) is 0 Å². The third-order valence-electron chi connectivity index (χ3n) is 4.91. The molecule has 0 spiro atoms. The zero-order valence-corrected chi connectivity index (χ0v) is 17.7. The zero-order valence-electron chi connectivity index (χ0n) is 16.1. The number of carbonyl (C=O) groups is 1. The van der Waals surface area contributed by atoms with Crippen molar-refractivity contribution in [3.63, 3.8) is 0 Å². The lowest BCUT2D eigenvalue weighted by atomic mass is 10.1. The fraction of sp³-hybridized carbons (Fsp3) is 0.0909. The van der Waals surface area contributed by atoms with Crippen molar-refractivity contribution < 1.29 is 18.0 Å². The van der Waals surface area contributed by atoms with Gasteiger partial charge in [0, 0.05) is 11.8 Å². The molecule has 0 amide bonds. The maximum absolute atomic E-state index is 12.9. The van der Waals surface area contributed by atoms with Gasteiger partial charge in [-0.3, -0.25) is 9.20 Å². The summed E-state index contributed by atoms with van der Waals surface area (Å²) in [5.74, 6) is -0.242. The molecule has 0 N–H and O–H groups in total. The van der Waals surface area contributed by atoms with E-state index < -0.39 is 11.7 Å². The minimum atomic E-state index is -4.41. The van der Waals surface area contributed by atoms with Crippen molar-refractivity contribution in [2.75, 3.05) is 0 Å². The van der Waals surface area contributed by atoms with Gasteiger partial charge in [0.05, 0.1) is 45.3 Å². The van der Waals surface area contributed by atoms with Crippen LogP contribution in [-0.2, 0) is 12.6 Å². The minimum absolute atomic E-state index is 0.0541. The molecule has 0 saturated heterocycles. The molecule has 0 atom stereocenters. The van der Waals surface area contributed by atoms with Crippen molar-refractivity contribution in [3.05, 3.63) is 82.3 Å². The van der Waals surface area contributed by atoms with Gasteiger partial charge in [0.25, 0.3) is 0 Å². The molecule has 3 aromatic heterocycles. The molecule has 0 aliphatic carbocycles. The lowest BCUT2D eigenvalue weighted by Crippen LogP contribution is -2.08. The Balaban J connectivity index is 1.46. The number of Topliss-reactive ketones (excluding diaryl/α,β-unsaturated/α-hetero) is 1. The standard InChI is InChI=1S/C22H12ClF3N4OS/c23-14-2-1-3-15-21(14)32-20(29-15)8-18(31)16-11-30-17(9-28-19(30)10-27-16)12-4-6-13(7-5-12)22(24,25)26/h1-7,9-11H,8H2. The number of thiazole rings is 1. The Kier molecular flexibility index (Phi) is 4.94. The van der Waals surface area contributed by atoms with Gasteiger partial charge in [0.2, 0.25) is 0 Å². The Hall–Kier alpha value is -3.30. The summed E-state index contributed by atoms with van der Waals surface area (Å²) in [5, 5.41) is 1.20. The van der Waals surface area contributed by atoms with Crippen molar-refractivity contribution in [3.8, 4) is 11.3 Å². The van der Waals surface area contributed by atoms with E-state index in [4.69, 9.17) is 11.6 Å². The molecule has 5 nitrogen and oxygen atoms in total. The number of fused-ring (bicyclic) bond motifs is 2. The smallest absolute Gasteiger partial charge is 0.296 e. The van der Waals surface area contributed by atoms with Crippen LogP contribution < -0.4 is 0 Å². The molecule has 0 aliphatic heterocycles. The maximum Gasteiger partial charge on any atom is 0.416 e. The van der Waals surface area contributed by atoms with Crippen LogP contribution in [0, 0.1) is 0 Å². The van der Waals surface area contributed by atoms with Crippen molar-refractivity contribution in [1.82, 2.24) is 19.4 Å². The van der Waals surface area contributed by atoms with Gasteiger partial charge in [-0.05, 0) is 24.3 Å². The minimum Gasteiger partial charge on any atom is -0.296 e. The second kappa shape index (κ2) is 7.68. The van der Waals surface area contributed by atoms with Crippen LogP contribution in [0.25, 0.3) is 27.1 Å². The first-order valence-electron chi connectivity index (χ1n) is 9.37. The number of ketones is 1. The van der Waals surface area contributed by atoms with Crippen LogP contribution in [0.15, 0.2) is 61.1 Å². The van der Waals surface area contributed by atoms with Gasteiger partial charge < -0.3 is 0 Å². The van der Waals surface area contributed by atoms with E-state index in [-0.39, 0.29) is 17.9 Å². The molecule has 0 fully saturated rings. The van der Waals surface area contributed by atoms with Crippen LogP contribution in [0.5, 0.6) is 0 Å². The molecule has 0 saturated carbocycles. The van der Waals surface area contributed by atoms with Crippen LogP contribution in [0.3, 0.4) is 0 Å². The topological polar surface area (TPSA) is 60.2 Å². The summed E-state index contributed by atoms with van der Waals surface area (Å²) in [5.41, 5.74) is 1.77. The highest BCUT2D eigenvalue weighted by Crippen LogP contribution is 2.32. The molecule has 5 rings (SSSR count). The molecule has 0 bridgehead atoms. The van der Waals surface area contributed by atoms with Gasteiger partial charge in [-0.1, -0.05) is 29.8 Å². The number of nitrogens with zero attached hydrogens (tertiary/aromatic N) is 4. The second-order valence-corrected chi connectivity index (χ2v) is 8.51. The van der Waals surface area contributed by atoms with Gasteiger partial charge in [0.1, 0.15) is 10.7 Å². The van der Waals surface area contributed by atoms with E-state index in [1.54, 1.807) is 16.5 Å². The highest BCUT2D eigenvalue weighted by molar-refractivity contribution is 7.19. The third-order valence-corrected chi connectivity index (χ3v) is 6.44. The summed E-state index contributed by atoms with van der Waals surface area (Å²) in [7, 11) is 0. The molecule has 5 aromatic rings. The second-order valence-electron chi connectivity index (χ2n) is 7.01.